The Hall–Kier alpha value is -1.68. The molecule has 0 aliphatic heterocycles. The minimum Gasteiger partial charge on any atom is -0.323 e. The number of hydrogen-bond acceptors (Lipinski definition) is 3. The zero-order chi connectivity index (χ0) is 12.1. The van der Waals surface area contributed by atoms with E-state index in [-0.39, 0.29) is 6.04 Å². The molecule has 2 aromatic rings. The third-order valence-corrected chi connectivity index (χ3v) is 2.90. The highest BCUT2D eigenvalue weighted by molar-refractivity contribution is 5.11. The van der Waals surface area contributed by atoms with Gasteiger partial charge in [0.1, 0.15) is 0 Å². The van der Waals surface area contributed by atoms with Crippen molar-refractivity contribution in [3.63, 3.8) is 0 Å². The van der Waals surface area contributed by atoms with E-state index >= 15 is 0 Å². The van der Waals surface area contributed by atoms with E-state index in [0.717, 1.165) is 25.1 Å². The number of pyridine rings is 1. The van der Waals surface area contributed by atoms with Crippen LogP contribution in [0.1, 0.15) is 30.6 Å². The Morgan fingerprint density at radius 1 is 1.35 bits per heavy atom. The average molecular weight is 230 g/mol. The Morgan fingerprint density at radius 3 is 2.94 bits per heavy atom. The van der Waals surface area contributed by atoms with E-state index in [9.17, 15) is 0 Å². The zero-order valence-electron chi connectivity index (χ0n) is 10.1. The predicted octanol–water partition coefficient (Wildman–Crippen LogP) is 1.93. The summed E-state index contributed by atoms with van der Waals surface area (Å²) in [6.45, 7) is 2.94. The molecule has 1 unspecified atom stereocenters. The molecule has 0 saturated carbocycles. The van der Waals surface area contributed by atoms with Crippen molar-refractivity contribution in [3.05, 3.63) is 48.0 Å². The minimum atomic E-state index is 0.0395. The summed E-state index contributed by atoms with van der Waals surface area (Å²) in [5, 5.41) is 4.24. The molecule has 0 amide bonds. The highest BCUT2D eigenvalue weighted by Crippen LogP contribution is 2.16. The van der Waals surface area contributed by atoms with E-state index in [1.807, 2.05) is 29.2 Å². The third kappa shape index (κ3) is 2.91. The Balaban J connectivity index is 1.96. The van der Waals surface area contributed by atoms with Gasteiger partial charge in [-0.15, -0.1) is 0 Å². The second kappa shape index (κ2) is 5.59. The molecule has 4 nitrogen and oxygen atoms in total. The van der Waals surface area contributed by atoms with Crippen LogP contribution in [-0.2, 0) is 13.0 Å². The molecule has 2 N–H and O–H groups in total. The monoisotopic (exact) mass is 230 g/mol. The summed E-state index contributed by atoms with van der Waals surface area (Å²) >= 11 is 0. The molecule has 90 valence electrons. The number of aryl methyl sites for hydroxylation is 2. The van der Waals surface area contributed by atoms with Gasteiger partial charge in [-0.2, -0.15) is 5.10 Å². The van der Waals surface area contributed by atoms with Crippen molar-refractivity contribution in [2.45, 2.75) is 32.4 Å². The fourth-order valence-corrected chi connectivity index (χ4v) is 1.94. The first-order valence-corrected chi connectivity index (χ1v) is 5.97. The number of nitrogens with zero attached hydrogens (tertiary/aromatic N) is 3. The van der Waals surface area contributed by atoms with Gasteiger partial charge in [-0.1, -0.05) is 6.07 Å². The van der Waals surface area contributed by atoms with Gasteiger partial charge in [0, 0.05) is 31.2 Å². The number of nitrogens with two attached hydrogens (primary N) is 1. The first-order chi connectivity index (χ1) is 8.31. The number of hydrogen-bond donors (Lipinski definition) is 1. The topological polar surface area (TPSA) is 56.7 Å². The molecular weight excluding hydrogens is 212 g/mol. The summed E-state index contributed by atoms with van der Waals surface area (Å²) < 4.78 is 1.95. The molecule has 0 radical (unpaired) electrons. The predicted molar refractivity (Wildman–Crippen MR) is 67.4 cm³/mol. The Bertz CT molecular complexity index is 449. The summed E-state index contributed by atoms with van der Waals surface area (Å²) in [7, 11) is 0. The van der Waals surface area contributed by atoms with Crippen LogP contribution in [0.2, 0.25) is 0 Å². The molecule has 2 aromatic heterocycles. The molecule has 0 saturated heterocycles. The van der Waals surface area contributed by atoms with E-state index in [2.05, 4.69) is 23.1 Å². The maximum atomic E-state index is 6.18. The van der Waals surface area contributed by atoms with E-state index in [0.29, 0.717) is 0 Å². The molecule has 0 aromatic carbocycles. The van der Waals surface area contributed by atoms with Crippen molar-refractivity contribution in [1.29, 1.82) is 0 Å². The first-order valence-electron chi connectivity index (χ1n) is 5.97. The molecule has 4 heteroatoms. The van der Waals surface area contributed by atoms with Gasteiger partial charge in [0.25, 0.3) is 0 Å². The van der Waals surface area contributed by atoms with Crippen molar-refractivity contribution in [3.8, 4) is 0 Å². The van der Waals surface area contributed by atoms with E-state index < -0.39 is 0 Å². The molecule has 1 atom stereocenters. The summed E-state index contributed by atoms with van der Waals surface area (Å²) in [6, 6.07) is 6.07. The van der Waals surface area contributed by atoms with Gasteiger partial charge in [-0.05, 0) is 37.5 Å². The third-order valence-electron chi connectivity index (χ3n) is 2.90. The zero-order valence-corrected chi connectivity index (χ0v) is 10.1. The highest BCUT2D eigenvalue weighted by Gasteiger charge is 2.10. The van der Waals surface area contributed by atoms with E-state index in [1.54, 1.807) is 6.20 Å². The fourth-order valence-electron chi connectivity index (χ4n) is 1.94. The van der Waals surface area contributed by atoms with Gasteiger partial charge in [0.15, 0.2) is 0 Å². The Kier molecular flexibility index (Phi) is 3.88. The van der Waals surface area contributed by atoms with Crippen LogP contribution in [0.25, 0.3) is 0 Å². The summed E-state index contributed by atoms with van der Waals surface area (Å²) in [6.07, 6.45) is 7.35. The van der Waals surface area contributed by atoms with Gasteiger partial charge in [0.05, 0.1) is 5.69 Å². The first kappa shape index (κ1) is 11.8. The maximum Gasteiger partial charge on any atom is 0.0551 e. The lowest BCUT2D eigenvalue weighted by atomic mass is 10.1. The average Bonchev–Trinajstić information content (AvgIpc) is 2.85. The fraction of sp³-hybridized carbons (Fsp3) is 0.385. The molecule has 0 aliphatic rings. The molecule has 0 fully saturated rings. The molecule has 0 bridgehead atoms. The molecular formula is C13H18N4. The molecule has 17 heavy (non-hydrogen) atoms. The van der Waals surface area contributed by atoms with E-state index in [1.165, 1.54) is 5.56 Å². The van der Waals surface area contributed by atoms with E-state index in [4.69, 9.17) is 5.73 Å². The van der Waals surface area contributed by atoms with Crippen LogP contribution in [0.3, 0.4) is 0 Å². The minimum absolute atomic E-state index is 0.0395. The number of aromatic nitrogens is 3. The lowest BCUT2D eigenvalue weighted by Gasteiger charge is -2.13. The summed E-state index contributed by atoms with van der Waals surface area (Å²) in [5.41, 5.74) is 8.52. The van der Waals surface area contributed by atoms with Crippen LogP contribution < -0.4 is 5.73 Å². The van der Waals surface area contributed by atoms with Gasteiger partial charge in [-0.3, -0.25) is 9.67 Å². The molecule has 2 heterocycles. The molecule has 0 aliphatic carbocycles. The second-order valence-corrected chi connectivity index (χ2v) is 4.08. The van der Waals surface area contributed by atoms with Crippen LogP contribution >= 0.6 is 0 Å². The molecule has 0 spiro atoms. The van der Waals surface area contributed by atoms with Crippen molar-refractivity contribution in [2.75, 3.05) is 0 Å². The van der Waals surface area contributed by atoms with Crippen LogP contribution in [0.4, 0.5) is 0 Å². The quantitative estimate of drug-likeness (QED) is 0.854. The van der Waals surface area contributed by atoms with Gasteiger partial charge >= 0.3 is 0 Å². The van der Waals surface area contributed by atoms with Gasteiger partial charge in [-0.25, -0.2) is 0 Å². The van der Waals surface area contributed by atoms with Crippen molar-refractivity contribution >= 4 is 0 Å². The Morgan fingerprint density at radius 2 is 2.24 bits per heavy atom. The normalized spacial score (nSPS) is 12.6. The number of rotatable bonds is 5. The SMILES string of the molecule is CCn1nccc1C(N)CCc1cccnc1. The Labute approximate surface area is 101 Å². The summed E-state index contributed by atoms with van der Waals surface area (Å²) in [4.78, 5) is 4.10. The van der Waals surface area contributed by atoms with Gasteiger partial charge in [0.2, 0.25) is 0 Å². The smallest absolute Gasteiger partial charge is 0.0551 e. The lowest BCUT2D eigenvalue weighted by Crippen LogP contribution is -2.16. The van der Waals surface area contributed by atoms with Gasteiger partial charge < -0.3 is 5.73 Å². The highest BCUT2D eigenvalue weighted by atomic mass is 15.3. The molecule has 2 rings (SSSR count). The standard InChI is InChI=1S/C13H18N4/c1-2-17-13(7-9-16-17)12(14)6-5-11-4-3-8-15-10-11/h3-4,7-10,12H,2,5-6,14H2,1H3. The largest absolute Gasteiger partial charge is 0.323 e. The van der Waals surface area contributed by atoms with Crippen molar-refractivity contribution < 1.29 is 0 Å². The maximum absolute atomic E-state index is 6.18. The summed E-state index contributed by atoms with van der Waals surface area (Å²) in [5.74, 6) is 0. The van der Waals surface area contributed by atoms with Crippen molar-refractivity contribution in [1.82, 2.24) is 14.8 Å². The van der Waals surface area contributed by atoms with Crippen LogP contribution in [0.5, 0.6) is 0 Å². The second-order valence-electron chi connectivity index (χ2n) is 4.08. The van der Waals surface area contributed by atoms with Crippen LogP contribution in [0.15, 0.2) is 36.8 Å². The van der Waals surface area contributed by atoms with Crippen LogP contribution in [-0.4, -0.2) is 14.8 Å². The van der Waals surface area contributed by atoms with Crippen molar-refractivity contribution in [2.24, 2.45) is 5.73 Å². The lowest BCUT2D eigenvalue weighted by molar-refractivity contribution is 0.547. The van der Waals surface area contributed by atoms with Crippen LogP contribution in [0, 0.1) is 0 Å².